The normalized spacial score (nSPS) is 10.7. The van der Waals surface area contributed by atoms with Gasteiger partial charge in [-0.2, -0.15) is 0 Å². The minimum atomic E-state index is -0.360. The van der Waals surface area contributed by atoms with Crippen molar-refractivity contribution in [3.63, 3.8) is 0 Å². The Morgan fingerprint density at radius 2 is 1.93 bits per heavy atom. The second-order valence-electron chi connectivity index (χ2n) is 5.87. The first kappa shape index (κ1) is 21.7. The van der Waals surface area contributed by atoms with Crippen LogP contribution >= 0.6 is 46.7 Å². The van der Waals surface area contributed by atoms with Gasteiger partial charge < -0.3 is 5.32 Å². The predicted molar refractivity (Wildman–Crippen MR) is 119 cm³/mol. The van der Waals surface area contributed by atoms with Gasteiger partial charge in [0.2, 0.25) is 5.91 Å². The molecule has 0 atom stereocenters. The summed E-state index contributed by atoms with van der Waals surface area (Å²) < 4.78 is 0. The van der Waals surface area contributed by atoms with Gasteiger partial charge in [-0.3, -0.25) is 14.6 Å². The zero-order chi connectivity index (χ0) is 20.8. The highest BCUT2D eigenvalue weighted by Gasteiger charge is 2.11. The molecule has 2 aromatic carbocycles. The summed E-state index contributed by atoms with van der Waals surface area (Å²) in [6, 6.07) is 12.7. The van der Waals surface area contributed by atoms with Crippen LogP contribution in [-0.2, 0) is 11.2 Å². The van der Waals surface area contributed by atoms with Gasteiger partial charge in [0.05, 0.1) is 21.5 Å². The lowest BCUT2D eigenvalue weighted by Crippen LogP contribution is -2.19. The summed E-state index contributed by atoms with van der Waals surface area (Å²) in [5.74, 6) is -0.0986. The third-order valence-corrected chi connectivity index (χ3v) is 6.22. The highest BCUT2D eigenvalue weighted by molar-refractivity contribution is 7.99. The number of aromatic amines is 1. The van der Waals surface area contributed by atoms with Gasteiger partial charge in [0, 0.05) is 11.3 Å². The highest BCUT2D eigenvalue weighted by atomic mass is 35.5. The van der Waals surface area contributed by atoms with Crippen LogP contribution in [0.3, 0.4) is 0 Å². The number of carbonyl (C=O) groups excluding carboxylic acids is 1. The topological polar surface area (TPSA) is 87.7 Å². The van der Waals surface area contributed by atoms with Crippen molar-refractivity contribution >= 4 is 58.3 Å². The molecule has 6 nitrogen and oxygen atoms in total. The Balaban J connectivity index is 1.60. The first-order valence-electron chi connectivity index (χ1n) is 8.41. The molecule has 0 saturated heterocycles. The summed E-state index contributed by atoms with van der Waals surface area (Å²) in [6.07, 6.45) is 2.22. The Kier molecular flexibility index (Phi) is 7.60. The van der Waals surface area contributed by atoms with Crippen LogP contribution in [0.15, 0.2) is 57.3 Å². The van der Waals surface area contributed by atoms with Gasteiger partial charge in [0.1, 0.15) is 5.69 Å². The summed E-state index contributed by atoms with van der Waals surface area (Å²) in [7, 11) is 0. The Hall–Kier alpha value is -2.00. The second-order valence-corrected chi connectivity index (χ2v) is 8.49. The lowest BCUT2D eigenvalue weighted by atomic mass is 10.1. The second kappa shape index (κ2) is 10.2. The molecule has 1 aromatic heterocycles. The molecule has 0 spiro atoms. The van der Waals surface area contributed by atoms with Crippen molar-refractivity contribution in [2.24, 2.45) is 0 Å². The van der Waals surface area contributed by atoms with Crippen molar-refractivity contribution in [3.8, 4) is 0 Å². The molecule has 10 heteroatoms. The minimum absolute atomic E-state index is 0.0967. The molecule has 3 rings (SSSR count). The van der Waals surface area contributed by atoms with Crippen molar-refractivity contribution in [2.75, 3.05) is 17.3 Å². The van der Waals surface area contributed by atoms with Gasteiger partial charge in [-0.15, -0.1) is 22.0 Å². The fraction of sp³-hybridized carbons (Fsp3) is 0.158. The van der Waals surface area contributed by atoms with E-state index in [1.807, 2.05) is 30.5 Å². The Bertz CT molecular complexity index is 1090. The monoisotopic (exact) mass is 466 g/mol. The van der Waals surface area contributed by atoms with Gasteiger partial charge in [-0.05, 0) is 36.1 Å². The number of anilines is 1. The number of nitrogens with zero attached hydrogens (tertiary/aromatic N) is 2. The average molecular weight is 467 g/mol. The van der Waals surface area contributed by atoms with Gasteiger partial charge in [-0.1, -0.05) is 53.2 Å². The molecule has 0 unspecified atom stereocenters. The molecule has 2 N–H and O–H groups in total. The molecule has 0 aliphatic carbocycles. The van der Waals surface area contributed by atoms with Crippen LogP contribution in [-0.4, -0.2) is 33.1 Å². The summed E-state index contributed by atoms with van der Waals surface area (Å²) in [6.45, 7) is 0. The molecule has 0 saturated carbocycles. The molecule has 150 valence electrons. The van der Waals surface area contributed by atoms with E-state index in [1.165, 1.54) is 0 Å². The fourth-order valence-electron chi connectivity index (χ4n) is 2.44. The number of nitrogens with one attached hydrogen (secondary N) is 2. The molecule has 29 heavy (non-hydrogen) atoms. The van der Waals surface area contributed by atoms with Crippen LogP contribution in [0, 0.1) is 0 Å². The third-order valence-electron chi connectivity index (χ3n) is 3.82. The van der Waals surface area contributed by atoms with E-state index in [4.69, 9.17) is 23.2 Å². The summed E-state index contributed by atoms with van der Waals surface area (Å²) >= 11 is 14.6. The van der Waals surface area contributed by atoms with Gasteiger partial charge in [0.15, 0.2) is 5.16 Å². The maximum absolute atomic E-state index is 12.3. The van der Waals surface area contributed by atoms with E-state index in [9.17, 15) is 9.59 Å². The number of carbonyl (C=O) groups is 1. The number of amides is 1. The SMILES string of the molecule is CSc1ccccc1NC(=O)CSc1nnc(Cc2ccc(Cl)c(Cl)c2)c(=O)[nH]1. The van der Waals surface area contributed by atoms with Crippen LogP contribution in [0.25, 0.3) is 0 Å². The van der Waals surface area contributed by atoms with Gasteiger partial charge >= 0.3 is 0 Å². The zero-order valence-corrected chi connectivity index (χ0v) is 18.4. The van der Waals surface area contributed by atoms with E-state index in [0.29, 0.717) is 10.0 Å². The van der Waals surface area contributed by atoms with E-state index in [2.05, 4.69) is 20.5 Å². The first-order chi connectivity index (χ1) is 14.0. The number of aromatic nitrogens is 3. The fourth-order valence-corrected chi connectivity index (χ4v) is 3.91. The molecule has 0 bridgehead atoms. The Labute approximate surface area is 185 Å². The van der Waals surface area contributed by atoms with Crippen molar-refractivity contribution in [2.45, 2.75) is 16.5 Å². The summed E-state index contributed by atoms with van der Waals surface area (Å²) in [5, 5.41) is 12.0. The number of benzene rings is 2. The molecule has 1 heterocycles. The molecule has 0 aliphatic rings. The molecular weight excluding hydrogens is 451 g/mol. The first-order valence-corrected chi connectivity index (χ1v) is 11.4. The van der Waals surface area contributed by atoms with Crippen molar-refractivity contribution in [1.82, 2.24) is 15.2 Å². The predicted octanol–water partition coefficient (Wildman–Crippen LogP) is 4.52. The van der Waals surface area contributed by atoms with E-state index in [-0.39, 0.29) is 34.5 Å². The lowest BCUT2D eigenvalue weighted by Gasteiger charge is -2.08. The molecule has 0 aliphatic heterocycles. The average Bonchev–Trinajstić information content (AvgIpc) is 2.71. The molecule has 1 amide bonds. The Morgan fingerprint density at radius 3 is 2.66 bits per heavy atom. The van der Waals surface area contributed by atoms with Crippen molar-refractivity contribution < 1.29 is 4.79 Å². The quantitative estimate of drug-likeness (QED) is 0.497. The van der Waals surface area contributed by atoms with Crippen molar-refractivity contribution in [3.05, 3.63) is 74.1 Å². The molecule has 0 radical (unpaired) electrons. The van der Waals surface area contributed by atoms with Crippen LogP contribution in [0.4, 0.5) is 5.69 Å². The number of hydrogen-bond acceptors (Lipinski definition) is 6. The lowest BCUT2D eigenvalue weighted by molar-refractivity contribution is -0.113. The van der Waals surface area contributed by atoms with Crippen LogP contribution in [0.1, 0.15) is 11.3 Å². The summed E-state index contributed by atoms with van der Waals surface area (Å²) in [5.41, 5.74) is 1.45. The van der Waals surface area contributed by atoms with Crippen molar-refractivity contribution in [1.29, 1.82) is 0 Å². The maximum atomic E-state index is 12.3. The van der Waals surface area contributed by atoms with Crippen LogP contribution in [0.5, 0.6) is 0 Å². The number of hydrogen-bond donors (Lipinski definition) is 2. The molecule has 3 aromatic rings. The van der Waals surface area contributed by atoms with E-state index in [0.717, 1.165) is 27.9 Å². The van der Waals surface area contributed by atoms with Crippen LogP contribution in [0.2, 0.25) is 10.0 Å². The standard InChI is InChI=1S/C19H16Cl2N4O2S2/c1-28-16-5-3-2-4-14(16)22-17(26)10-29-19-23-18(27)15(24-25-19)9-11-6-7-12(20)13(21)8-11/h2-8H,9-10H2,1H3,(H,22,26)(H,23,25,27). The number of para-hydroxylation sites is 1. The van der Waals surface area contributed by atoms with Gasteiger partial charge in [0.25, 0.3) is 5.56 Å². The summed E-state index contributed by atoms with van der Waals surface area (Å²) in [4.78, 5) is 28.1. The largest absolute Gasteiger partial charge is 0.324 e. The molecular formula is C19H16Cl2N4O2S2. The van der Waals surface area contributed by atoms with E-state index < -0.39 is 0 Å². The molecule has 0 fully saturated rings. The number of H-pyrrole nitrogens is 1. The Morgan fingerprint density at radius 1 is 1.14 bits per heavy atom. The van der Waals surface area contributed by atoms with E-state index >= 15 is 0 Å². The number of thioether (sulfide) groups is 2. The zero-order valence-electron chi connectivity index (χ0n) is 15.2. The van der Waals surface area contributed by atoms with Gasteiger partial charge in [-0.25, -0.2) is 0 Å². The highest BCUT2D eigenvalue weighted by Crippen LogP contribution is 2.25. The van der Waals surface area contributed by atoms with E-state index in [1.54, 1.807) is 30.0 Å². The minimum Gasteiger partial charge on any atom is -0.324 e. The van der Waals surface area contributed by atoms with Crippen LogP contribution < -0.4 is 10.9 Å². The number of rotatable bonds is 7. The number of halogens is 2. The smallest absolute Gasteiger partial charge is 0.273 e. The maximum Gasteiger partial charge on any atom is 0.273 e. The third kappa shape index (κ3) is 5.99.